The van der Waals surface area contributed by atoms with E-state index in [-0.39, 0.29) is 0 Å². The van der Waals surface area contributed by atoms with E-state index in [4.69, 9.17) is 4.52 Å². The van der Waals surface area contributed by atoms with Gasteiger partial charge in [-0.3, -0.25) is 9.47 Å². The van der Waals surface area contributed by atoms with Crippen molar-refractivity contribution in [2.45, 2.75) is 30.3 Å². The molecule has 148 valence electrons. The summed E-state index contributed by atoms with van der Waals surface area (Å²) >= 11 is 3.16. The molecule has 0 spiro atoms. The van der Waals surface area contributed by atoms with Crippen LogP contribution >= 0.6 is 23.1 Å². The Bertz CT molecular complexity index is 1050. The van der Waals surface area contributed by atoms with E-state index in [1.54, 1.807) is 23.1 Å². The van der Waals surface area contributed by atoms with Gasteiger partial charge in [-0.25, -0.2) is 0 Å². The summed E-state index contributed by atoms with van der Waals surface area (Å²) in [6, 6.07) is 14.2. The SMILES string of the molecule is c1ccc(-n2c(CN3CCCC3)nnc2SCc2noc(-c3cccs3)n2)cc1. The largest absolute Gasteiger partial charge is 0.333 e. The summed E-state index contributed by atoms with van der Waals surface area (Å²) in [5, 5.41) is 15.9. The zero-order chi connectivity index (χ0) is 19.5. The number of likely N-dealkylation sites (tertiary alicyclic amines) is 1. The third-order valence-corrected chi connectivity index (χ3v) is 6.59. The van der Waals surface area contributed by atoms with Gasteiger partial charge in [0.05, 0.1) is 17.2 Å². The maximum Gasteiger partial charge on any atom is 0.268 e. The average Bonchev–Trinajstić information content (AvgIpc) is 3.54. The van der Waals surface area contributed by atoms with E-state index in [0.29, 0.717) is 17.5 Å². The Kier molecular flexibility index (Phi) is 5.42. The minimum absolute atomic E-state index is 0.565. The quantitative estimate of drug-likeness (QED) is 0.410. The normalized spacial score (nSPS) is 14.6. The minimum atomic E-state index is 0.565. The Labute approximate surface area is 176 Å². The highest BCUT2D eigenvalue weighted by atomic mass is 32.2. The van der Waals surface area contributed by atoms with Crippen LogP contribution in [0.2, 0.25) is 0 Å². The van der Waals surface area contributed by atoms with Gasteiger partial charge in [0.15, 0.2) is 16.8 Å². The van der Waals surface area contributed by atoms with Gasteiger partial charge in [-0.15, -0.1) is 21.5 Å². The molecule has 0 aliphatic carbocycles. The van der Waals surface area contributed by atoms with Crippen molar-refractivity contribution in [1.82, 2.24) is 29.8 Å². The molecule has 1 aliphatic heterocycles. The maximum absolute atomic E-state index is 5.39. The number of thioether (sulfide) groups is 1. The van der Waals surface area contributed by atoms with Crippen molar-refractivity contribution >= 4 is 23.1 Å². The third-order valence-electron chi connectivity index (χ3n) is 4.81. The van der Waals surface area contributed by atoms with Gasteiger partial charge >= 0.3 is 0 Å². The van der Waals surface area contributed by atoms with Gasteiger partial charge in [0.1, 0.15) is 0 Å². The molecule has 1 aromatic carbocycles. The summed E-state index contributed by atoms with van der Waals surface area (Å²) in [6.07, 6.45) is 2.51. The fourth-order valence-corrected chi connectivity index (χ4v) is 4.87. The molecule has 0 atom stereocenters. The molecule has 0 radical (unpaired) electrons. The molecule has 0 unspecified atom stereocenters. The molecule has 7 nitrogen and oxygen atoms in total. The lowest BCUT2D eigenvalue weighted by atomic mass is 10.3. The zero-order valence-electron chi connectivity index (χ0n) is 15.8. The predicted octanol–water partition coefficient (Wildman–Crippen LogP) is 4.27. The van der Waals surface area contributed by atoms with Gasteiger partial charge < -0.3 is 4.52 Å². The van der Waals surface area contributed by atoms with Crippen LogP contribution < -0.4 is 0 Å². The van der Waals surface area contributed by atoms with E-state index >= 15 is 0 Å². The van der Waals surface area contributed by atoms with Gasteiger partial charge in [0.25, 0.3) is 5.89 Å². The van der Waals surface area contributed by atoms with Gasteiger partial charge in [-0.2, -0.15) is 4.98 Å². The van der Waals surface area contributed by atoms with E-state index in [0.717, 1.165) is 41.2 Å². The average molecular weight is 425 g/mol. The number of para-hydroxylation sites is 1. The van der Waals surface area contributed by atoms with E-state index in [9.17, 15) is 0 Å². The summed E-state index contributed by atoms with van der Waals surface area (Å²) in [6.45, 7) is 3.06. The molecule has 9 heteroatoms. The van der Waals surface area contributed by atoms with Crippen molar-refractivity contribution in [1.29, 1.82) is 0 Å². The Balaban J connectivity index is 1.37. The highest BCUT2D eigenvalue weighted by Crippen LogP contribution is 2.27. The molecule has 4 aromatic rings. The van der Waals surface area contributed by atoms with E-state index in [2.05, 4.69) is 41.9 Å². The highest BCUT2D eigenvalue weighted by molar-refractivity contribution is 7.98. The van der Waals surface area contributed by atoms with Gasteiger partial charge in [0.2, 0.25) is 0 Å². The molecular weight excluding hydrogens is 404 g/mol. The summed E-state index contributed by atoms with van der Waals surface area (Å²) in [5.74, 6) is 2.76. The van der Waals surface area contributed by atoms with Crippen LogP contribution in [-0.2, 0) is 12.3 Å². The van der Waals surface area contributed by atoms with Crippen LogP contribution in [0.4, 0.5) is 0 Å². The number of hydrogen-bond donors (Lipinski definition) is 0. The fraction of sp³-hybridized carbons (Fsp3) is 0.300. The molecule has 1 aliphatic rings. The Morgan fingerprint density at radius 2 is 1.90 bits per heavy atom. The molecule has 4 heterocycles. The molecule has 0 amide bonds. The van der Waals surface area contributed by atoms with E-state index in [1.807, 2.05) is 35.7 Å². The first-order valence-electron chi connectivity index (χ1n) is 9.58. The molecule has 5 rings (SSSR count). The van der Waals surface area contributed by atoms with Crippen molar-refractivity contribution < 1.29 is 4.52 Å². The molecule has 3 aromatic heterocycles. The number of rotatable bonds is 7. The standard InChI is InChI=1S/C20H20N6OS2/c1-2-7-15(8-3-1)26-18(13-25-10-4-5-11-25)22-23-20(26)29-14-17-21-19(27-24-17)16-9-6-12-28-16/h1-3,6-9,12H,4-5,10-11,13-14H2. The van der Waals surface area contributed by atoms with Gasteiger partial charge in [-0.1, -0.05) is 41.2 Å². The van der Waals surface area contributed by atoms with E-state index in [1.165, 1.54) is 12.8 Å². The number of thiophene rings is 1. The maximum atomic E-state index is 5.39. The first-order chi connectivity index (χ1) is 14.4. The van der Waals surface area contributed by atoms with Crippen molar-refractivity contribution in [3.8, 4) is 16.5 Å². The number of aromatic nitrogens is 5. The predicted molar refractivity (Wildman–Crippen MR) is 113 cm³/mol. The molecule has 1 fully saturated rings. The zero-order valence-corrected chi connectivity index (χ0v) is 17.4. The second kappa shape index (κ2) is 8.48. The smallest absolute Gasteiger partial charge is 0.268 e. The molecule has 0 saturated carbocycles. The monoisotopic (exact) mass is 424 g/mol. The summed E-state index contributed by atoms with van der Waals surface area (Å²) in [5.41, 5.74) is 1.07. The van der Waals surface area contributed by atoms with Crippen molar-refractivity contribution in [2.24, 2.45) is 0 Å². The minimum Gasteiger partial charge on any atom is -0.333 e. The van der Waals surface area contributed by atoms with Crippen LogP contribution in [0.15, 0.2) is 57.5 Å². The van der Waals surface area contributed by atoms with Crippen LogP contribution in [0.3, 0.4) is 0 Å². The Hall–Kier alpha value is -2.49. The lowest BCUT2D eigenvalue weighted by molar-refractivity contribution is 0.319. The molecule has 0 bridgehead atoms. The topological polar surface area (TPSA) is 72.9 Å². The Morgan fingerprint density at radius 1 is 1.03 bits per heavy atom. The number of nitrogens with zero attached hydrogens (tertiary/aromatic N) is 6. The second-order valence-electron chi connectivity index (χ2n) is 6.83. The molecule has 29 heavy (non-hydrogen) atoms. The number of hydrogen-bond acceptors (Lipinski definition) is 8. The van der Waals surface area contributed by atoms with Crippen LogP contribution in [-0.4, -0.2) is 42.9 Å². The van der Waals surface area contributed by atoms with Crippen molar-refractivity contribution in [3.63, 3.8) is 0 Å². The van der Waals surface area contributed by atoms with Crippen LogP contribution in [0.1, 0.15) is 24.5 Å². The van der Waals surface area contributed by atoms with Crippen LogP contribution in [0.5, 0.6) is 0 Å². The van der Waals surface area contributed by atoms with Crippen LogP contribution in [0, 0.1) is 0 Å². The second-order valence-corrected chi connectivity index (χ2v) is 8.72. The van der Waals surface area contributed by atoms with Crippen molar-refractivity contribution in [3.05, 3.63) is 59.5 Å². The van der Waals surface area contributed by atoms with Gasteiger partial charge in [-0.05, 0) is 49.5 Å². The fourth-order valence-electron chi connectivity index (χ4n) is 3.42. The van der Waals surface area contributed by atoms with Crippen molar-refractivity contribution in [2.75, 3.05) is 13.1 Å². The molecule has 0 N–H and O–H groups in total. The summed E-state index contributed by atoms with van der Waals surface area (Å²) in [7, 11) is 0. The first-order valence-corrected chi connectivity index (χ1v) is 11.4. The Morgan fingerprint density at radius 3 is 2.69 bits per heavy atom. The first kappa shape index (κ1) is 18.5. The van der Waals surface area contributed by atoms with Gasteiger partial charge in [0, 0.05) is 5.69 Å². The summed E-state index contributed by atoms with van der Waals surface area (Å²) in [4.78, 5) is 7.92. The number of benzene rings is 1. The molecular formula is C20H20N6OS2. The third kappa shape index (κ3) is 4.12. The van der Waals surface area contributed by atoms with E-state index < -0.39 is 0 Å². The lowest BCUT2D eigenvalue weighted by Gasteiger charge is -2.15. The lowest BCUT2D eigenvalue weighted by Crippen LogP contribution is -2.21. The highest BCUT2D eigenvalue weighted by Gasteiger charge is 2.20. The van der Waals surface area contributed by atoms with Crippen LogP contribution in [0.25, 0.3) is 16.5 Å². The summed E-state index contributed by atoms with van der Waals surface area (Å²) < 4.78 is 7.53. The molecule has 1 saturated heterocycles.